The van der Waals surface area contributed by atoms with E-state index in [0.717, 1.165) is 5.56 Å². The summed E-state index contributed by atoms with van der Waals surface area (Å²) < 4.78 is 22.5. The van der Waals surface area contributed by atoms with Crippen molar-refractivity contribution in [3.8, 4) is 11.8 Å². The fourth-order valence-corrected chi connectivity index (χ4v) is 1.78. The normalized spacial score (nSPS) is 10.1. The molecular weight excluding hydrogens is 208 g/mol. The van der Waals surface area contributed by atoms with Crippen LogP contribution in [0.3, 0.4) is 0 Å². The summed E-state index contributed by atoms with van der Waals surface area (Å²) in [4.78, 5) is 0. The Hall–Kier alpha value is -1.53. The van der Waals surface area contributed by atoms with Crippen LogP contribution >= 0.6 is 0 Å². The Morgan fingerprint density at radius 2 is 1.93 bits per heavy atom. The van der Waals surface area contributed by atoms with Crippen LogP contribution in [0.1, 0.15) is 5.56 Å². The van der Waals surface area contributed by atoms with Crippen molar-refractivity contribution in [2.75, 3.05) is 11.5 Å². The minimum atomic E-state index is -3.09. The van der Waals surface area contributed by atoms with Crippen molar-refractivity contribution in [2.45, 2.75) is 0 Å². The molecule has 0 aliphatic carbocycles. The molecule has 3 heteroatoms. The second-order valence-electron chi connectivity index (χ2n) is 3.01. The molecule has 0 spiro atoms. The van der Waals surface area contributed by atoms with Gasteiger partial charge in [-0.05, 0) is 12.1 Å². The maximum atomic E-state index is 11.2. The van der Waals surface area contributed by atoms with Crippen molar-refractivity contribution in [1.82, 2.24) is 0 Å². The standard InChI is InChI=1S/C12H12O2S/c1-2-10-15(13,14)11-6-9-12-7-4-3-5-8-12/h2-5,7-8H,1,10-11H2. The molecule has 78 valence electrons. The third-order valence-electron chi connectivity index (χ3n) is 1.67. The van der Waals surface area contributed by atoms with Gasteiger partial charge in [0.05, 0.1) is 5.75 Å². The van der Waals surface area contributed by atoms with Gasteiger partial charge in [-0.3, -0.25) is 0 Å². The maximum absolute atomic E-state index is 11.2. The Morgan fingerprint density at radius 3 is 2.53 bits per heavy atom. The van der Waals surface area contributed by atoms with Crippen molar-refractivity contribution in [3.63, 3.8) is 0 Å². The van der Waals surface area contributed by atoms with Gasteiger partial charge in [-0.25, -0.2) is 8.42 Å². The van der Waals surface area contributed by atoms with E-state index in [-0.39, 0.29) is 11.5 Å². The van der Waals surface area contributed by atoms with Gasteiger partial charge >= 0.3 is 0 Å². The molecule has 0 fully saturated rings. The molecule has 0 aromatic heterocycles. The summed E-state index contributed by atoms with van der Waals surface area (Å²) in [7, 11) is -3.09. The lowest BCUT2D eigenvalue weighted by Gasteiger charge is -1.92. The quantitative estimate of drug-likeness (QED) is 0.573. The molecule has 15 heavy (non-hydrogen) atoms. The summed E-state index contributed by atoms with van der Waals surface area (Å²) in [6.45, 7) is 3.38. The molecule has 1 aromatic rings. The number of sulfone groups is 1. The molecule has 0 saturated carbocycles. The molecule has 0 radical (unpaired) electrons. The number of rotatable bonds is 3. The SMILES string of the molecule is C=CCS(=O)(=O)CC#Cc1ccccc1. The van der Waals surface area contributed by atoms with Gasteiger partial charge < -0.3 is 0 Å². The third-order valence-corrected chi connectivity index (χ3v) is 3.00. The molecule has 0 unspecified atom stereocenters. The molecule has 0 atom stereocenters. The Kier molecular flexibility index (Phi) is 4.14. The fraction of sp³-hybridized carbons (Fsp3) is 0.167. The average molecular weight is 220 g/mol. The van der Waals surface area contributed by atoms with Gasteiger partial charge in [0.15, 0.2) is 9.84 Å². The summed E-state index contributed by atoms with van der Waals surface area (Å²) in [5, 5.41) is 0. The van der Waals surface area contributed by atoms with Crippen LogP contribution in [0.4, 0.5) is 0 Å². The van der Waals surface area contributed by atoms with Gasteiger partial charge in [0.25, 0.3) is 0 Å². The Balaban J connectivity index is 2.66. The second kappa shape index (κ2) is 5.38. The number of benzene rings is 1. The molecule has 1 rings (SSSR count). The van der Waals surface area contributed by atoms with Crippen LogP contribution < -0.4 is 0 Å². The maximum Gasteiger partial charge on any atom is 0.165 e. The molecule has 0 saturated heterocycles. The van der Waals surface area contributed by atoms with Crippen LogP contribution in [-0.4, -0.2) is 19.9 Å². The van der Waals surface area contributed by atoms with E-state index >= 15 is 0 Å². The van der Waals surface area contributed by atoms with Crippen LogP contribution in [-0.2, 0) is 9.84 Å². The van der Waals surface area contributed by atoms with Crippen molar-refractivity contribution >= 4 is 9.84 Å². The molecular formula is C12H12O2S. The van der Waals surface area contributed by atoms with E-state index in [1.54, 1.807) is 0 Å². The van der Waals surface area contributed by atoms with Crippen molar-refractivity contribution in [1.29, 1.82) is 0 Å². The Bertz CT molecular complexity index is 475. The highest BCUT2D eigenvalue weighted by atomic mass is 32.2. The highest BCUT2D eigenvalue weighted by Gasteiger charge is 2.04. The topological polar surface area (TPSA) is 34.1 Å². The highest BCUT2D eigenvalue weighted by Crippen LogP contribution is 1.95. The fourth-order valence-electron chi connectivity index (χ4n) is 1.01. The molecule has 0 aliphatic heterocycles. The molecule has 0 heterocycles. The molecule has 0 bridgehead atoms. The minimum absolute atomic E-state index is 0.0174. The molecule has 0 amide bonds. The predicted octanol–water partition coefficient (Wildman–Crippen LogP) is 1.64. The van der Waals surface area contributed by atoms with Gasteiger partial charge in [-0.2, -0.15) is 0 Å². The van der Waals surface area contributed by atoms with Crippen molar-refractivity contribution in [2.24, 2.45) is 0 Å². The largest absolute Gasteiger partial charge is 0.228 e. The van der Waals surface area contributed by atoms with E-state index in [1.807, 2.05) is 30.3 Å². The lowest BCUT2D eigenvalue weighted by Crippen LogP contribution is -2.07. The van der Waals surface area contributed by atoms with Crippen LogP contribution in [0, 0.1) is 11.8 Å². The first-order valence-corrected chi connectivity index (χ1v) is 6.31. The summed E-state index contributed by atoms with van der Waals surface area (Å²) in [5.41, 5.74) is 0.825. The summed E-state index contributed by atoms with van der Waals surface area (Å²) in [6.07, 6.45) is 1.37. The molecule has 0 aliphatic rings. The van der Waals surface area contributed by atoms with Crippen molar-refractivity contribution < 1.29 is 8.42 Å². The van der Waals surface area contributed by atoms with E-state index in [9.17, 15) is 8.42 Å². The monoisotopic (exact) mass is 220 g/mol. The zero-order valence-corrected chi connectivity index (χ0v) is 9.13. The smallest absolute Gasteiger partial charge is 0.165 e. The minimum Gasteiger partial charge on any atom is -0.228 e. The van der Waals surface area contributed by atoms with Gasteiger partial charge in [0.2, 0.25) is 0 Å². The van der Waals surface area contributed by atoms with E-state index in [2.05, 4.69) is 18.4 Å². The second-order valence-corrected chi connectivity index (χ2v) is 5.12. The van der Waals surface area contributed by atoms with E-state index < -0.39 is 9.84 Å². The van der Waals surface area contributed by atoms with Crippen molar-refractivity contribution in [3.05, 3.63) is 48.6 Å². The number of hydrogen-bond donors (Lipinski definition) is 0. The molecule has 2 nitrogen and oxygen atoms in total. The van der Waals surface area contributed by atoms with Crippen LogP contribution in [0.5, 0.6) is 0 Å². The number of hydrogen-bond acceptors (Lipinski definition) is 2. The Labute approximate surface area is 90.6 Å². The summed E-state index contributed by atoms with van der Waals surface area (Å²) in [6, 6.07) is 9.30. The van der Waals surface area contributed by atoms with Gasteiger partial charge in [-0.1, -0.05) is 36.1 Å². The average Bonchev–Trinajstić information content (AvgIpc) is 2.19. The first-order chi connectivity index (χ1) is 7.14. The molecule has 0 N–H and O–H groups in total. The zero-order valence-electron chi connectivity index (χ0n) is 8.31. The van der Waals surface area contributed by atoms with Gasteiger partial charge in [0.1, 0.15) is 5.75 Å². The Morgan fingerprint density at radius 1 is 1.27 bits per heavy atom. The predicted molar refractivity (Wildman–Crippen MR) is 62.2 cm³/mol. The lowest BCUT2D eigenvalue weighted by atomic mass is 10.2. The van der Waals surface area contributed by atoms with E-state index in [0.29, 0.717) is 0 Å². The molecule has 1 aromatic carbocycles. The summed E-state index contributed by atoms with van der Waals surface area (Å²) in [5.74, 6) is 5.30. The van der Waals surface area contributed by atoms with Crippen LogP contribution in [0.25, 0.3) is 0 Å². The van der Waals surface area contributed by atoms with Gasteiger partial charge in [-0.15, -0.1) is 6.58 Å². The van der Waals surface area contributed by atoms with E-state index in [1.165, 1.54) is 6.08 Å². The van der Waals surface area contributed by atoms with E-state index in [4.69, 9.17) is 0 Å². The highest BCUT2D eigenvalue weighted by molar-refractivity contribution is 7.91. The van der Waals surface area contributed by atoms with Gasteiger partial charge in [0, 0.05) is 5.56 Å². The first kappa shape index (κ1) is 11.5. The van der Waals surface area contributed by atoms with Crippen LogP contribution in [0.2, 0.25) is 0 Å². The zero-order chi connectivity index (χ0) is 11.1. The van der Waals surface area contributed by atoms with Crippen LogP contribution in [0.15, 0.2) is 43.0 Å². The first-order valence-electron chi connectivity index (χ1n) is 4.49. The lowest BCUT2D eigenvalue weighted by molar-refractivity contribution is 0.602. The third kappa shape index (κ3) is 4.48. The summed E-state index contributed by atoms with van der Waals surface area (Å²) >= 11 is 0.